The van der Waals surface area contributed by atoms with Crippen molar-refractivity contribution >= 4 is 9.84 Å². The molecule has 0 bridgehead atoms. The van der Waals surface area contributed by atoms with Gasteiger partial charge in [0, 0.05) is 18.3 Å². The molecule has 0 heterocycles. The van der Waals surface area contributed by atoms with Gasteiger partial charge in [-0.2, -0.15) is 0 Å². The highest BCUT2D eigenvalue weighted by Gasteiger charge is 2.19. The summed E-state index contributed by atoms with van der Waals surface area (Å²) in [4.78, 5) is 0. The van der Waals surface area contributed by atoms with Crippen molar-refractivity contribution in [1.82, 2.24) is 5.32 Å². The minimum atomic E-state index is -2.84. The second-order valence-electron chi connectivity index (χ2n) is 4.20. The summed E-state index contributed by atoms with van der Waals surface area (Å²) in [6.07, 6.45) is 3.42. The molecule has 0 aromatic carbocycles. The fourth-order valence-electron chi connectivity index (χ4n) is 1.84. The van der Waals surface area contributed by atoms with Crippen LogP contribution in [0.25, 0.3) is 0 Å². The van der Waals surface area contributed by atoms with E-state index in [2.05, 4.69) is 5.32 Å². The Kier molecular flexibility index (Phi) is 5.02. The first-order valence-corrected chi connectivity index (χ1v) is 7.47. The normalized spacial score (nSPS) is 27.9. The summed E-state index contributed by atoms with van der Waals surface area (Å²) in [6, 6.07) is 0.389. The van der Waals surface area contributed by atoms with Crippen molar-refractivity contribution < 1.29 is 13.5 Å². The van der Waals surface area contributed by atoms with Crippen molar-refractivity contribution in [3.8, 4) is 0 Å². The standard InChI is InChI=1S/C10H21NO3S/c1-2-15(13,14)8-7-11-9-3-5-10(12)6-4-9/h9-12H,2-8H2,1H3. The van der Waals surface area contributed by atoms with Gasteiger partial charge in [0.1, 0.15) is 0 Å². The molecule has 0 spiro atoms. The van der Waals surface area contributed by atoms with E-state index >= 15 is 0 Å². The Morgan fingerprint density at radius 2 is 1.87 bits per heavy atom. The van der Waals surface area contributed by atoms with Crippen LogP contribution >= 0.6 is 0 Å². The van der Waals surface area contributed by atoms with Crippen LogP contribution in [0.2, 0.25) is 0 Å². The van der Waals surface area contributed by atoms with Crippen molar-refractivity contribution in [3.05, 3.63) is 0 Å². The number of nitrogens with one attached hydrogen (secondary N) is 1. The van der Waals surface area contributed by atoms with Gasteiger partial charge in [-0.05, 0) is 25.7 Å². The molecule has 0 aromatic heterocycles. The van der Waals surface area contributed by atoms with E-state index < -0.39 is 9.84 Å². The van der Waals surface area contributed by atoms with Crippen LogP contribution in [0, 0.1) is 0 Å². The molecule has 0 aliphatic heterocycles. The molecular weight excluding hydrogens is 214 g/mol. The van der Waals surface area contributed by atoms with E-state index in [1.54, 1.807) is 6.92 Å². The highest BCUT2D eigenvalue weighted by molar-refractivity contribution is 7.91. The van der Waals surface area contributed by atoms with Gasteiger partial charge in [-0.1, -0.05) is 6.92 Å². The molecule has 2 N–H and O–H groups in total. The third kappa shape index (κ3) is 4.95. The quantitative estimate of drug-likeness (QED) is 0.720. The molecule has 1 fully saturated rings. The van der Waals surface area contributed by atoms with Crippen molar-refractivity contribution in [2.24, 2.45) is 0 Å². The van der Waals surface area contributed by atoms with Gasteiger partial charge in [0.15, 0.2) is 9.84 Å². The molecule has 0 unspecified atom stereocenters. The maximum absolute atomic E-state index is 11.2. The average molecular weight is 235 g/mol. The van der Waals surface area contributed by atoms with Gasteiger partial charge in [0.25, 0.3) is 0 Å². The molecule has 0 saturated heterocycles. The second-order valence-corrected chi connectivity index (χ2v) is 6.67. The first-order valence-electron chi connectivity index (χ1n) is 5.65. The molecule has 5 heteroatoms. The van der Waals surface area contributed by atoms with Crippen molar-refractivity contribution in [1.29, 1.82) is 0 Å². The van der Waals surface area contributed by atoms with E-state index in [1.807, 2.05) is 0 Å². The van der Waals surface area contributed by atoms with Crippen LogP contribution in [0.1, 0.15) is 32.6 Å². The number of hydrogen-bond acceptors (Lipinski definition) is 4. The summed E-state index contributed by atoms with van der Waals surface area (Å²) in [6.45, 7) is 2.21. The number of hydrogen-bond donors (Lipinski definition) is 2. The summed E-state index contributed by atoms with van der Waals surface area (Å²) in [5.41, 5.74) is 0. The molecule has 15 heavy (non-hydrogen) atoms. The molecule has 0 radical (unpaired) electrons. The largest absolute Gasteiger partial charge is 0.393 e. The summed E-state index contributed by atoms with van der Waals surface area (Å²) in [7, 11) is -2.84. The maximum Gasteiger partial charge on any atom is 0.151 e. The predicted octanol–water partition coefficient (Wildman–Crippen LogP) is 0.314. The number of aliphatic hydroxyl groups excluding tert-OH is 1. The van der Waals surface area contributed by atoms with Gasteiger partial charge in [0.05, 0.1) is 11.9 Å². The lowest BCUT2D eigenvalue weighted by Crippen LogP contribution is -2.37. The molecule has 1 aliphatic carbocycles. The molecule has 1 rings (SSSR count). The van der Waals surface area contributed by atoms with Crippen LogP contribution in [0.3, 0.4) is 0 Å². The number of sulfone groups is 1. The summed E-state index contributed by atoms with van der Waals surface area (Å²) < 4.78 is 22.4. The van der Waals surface area contributed by atoms with E-state index in [0.29, 0.717) is 12.6 Å². The van der Waals surface area contributed by atoms with Gasteiger partial charge >= 0.3 is 0 Å². The van der Waals surface area contributed by atoms with Crippen LogP contribution in [0.4, 0.5) is 0 Å². The highest BCUT2D eigenvalue weighted by Crippen LogP contribution is 2.17. The Balaban J connectivity index is 2.16. The lowest BCUT2D eigenvalue weighted by Gasteiger charge is -2.26. The van der Waals surface area contributed by atoms with Crippen LogP contribution in [0.5, 0.6) is 0 Å². The fraction of sp³-hybridized carbons (Fsp3) is 1.00. The average Bonchev–Trinajstić information content (AvgIpc) is 2.21. The Morgan fingerprint density at radius 1 is 1.27 bits per heavy atom. The zero-order valence-electron chi connectivity index (χ0n) is 9.28. The molecule has 0 aromatic rings. The Morgan fingerprint density at radius 3 is 2.40 bits per heavy atom. The van der Waals surface area contributed by atoms with Crippen LogP contribution in [-0.2, 0) is 9.84 Å². The highest BCUT2D eigenvalue weighted by atomic mass is 32.2. The lowest BCUT2D eigenvalue weighted by atomic mass is 9.93. The minimum absolute atomic E-state index is 0.151. The van der Waals surface area contributed by atoms with Gasteiger partial charge < -0.3 is 10.4 Å². The van der Waals surface area contributed by atoms with Gasteiger partial charge in [-0.25, -0.2) is 8.42 Å². The SMILES string of the molecule is CCS(=O)(=O)CCNC1CCC(O)CC1. The third-order valence-electron chi connectivity index (χ3n) is 2.98. The first kappa shape index (κ1) is 12.9. The van der Waals surface area contributed by atoms with Crippen LogP contribution < -0.4 is 5.32 Å². The number of rotatable bonds is 5. The third-order valence-corrected chi connectivity index (χ3v) is 4.69. The molecule has 4 nitrogen and oxygen atoms in total. The maximum atomic E-state index is 11.2. The first-order chi connectivity index (χ1) is 7.03. The Labute approximate surface area is 92.0 Å². The van der Waals surface area contributed by atoms with Gasteiger partial charge in [0.2, 0.25) is 0 Å². The molecular formula is C10H21NO3S. The Bertz CT molecular complexity index is 268. The van der Waals surface area contributed by atoms with Crippen molar-refractivity contribution in [2.75, 3.05) is 18.1 Å². The fourth-order valence-corrected chi connectivity index (χ4v) is 2.56. The van der Waals surface area contributed by atoms with Crippen LogP contribution in [-0.4, -0.2) is 43.7 Å². The molecule has 1 saturated carbocycles. The van der Waals surface area contributed by atoms with Gasteiger partial charge in [-0.3, -0.25) is 0 Å². The zero-order chi connectivity index (χ0) is 11.3. The topological polar surface area (TPSA) is 66.4 Å². The van der Waals surface area contributed by atoms with Gasteiger partial charge in [-0.15, -0.1) is 0 Å². The predicted molar refractivity (Wildman–Crippen MR) is 60.6 cm³/mol. The second kappa shape index (κ2) is 5.82. The number of aliphatic hydroxyl groups is 1. The van der Waals surface area contributed by atoms with E-state index in [0.717, 1.165) is 25.7 Å². The zero-order valence-corrected chi connectivity index (χ0v) is 10.1. The van der Waals surface area contributed by atoms with E-state index in [1.165, 1.54) is 0 Å². The molecule has 1 aliphatic rings. The lowest BCUT2D eigenvalue weighted by molar-refractivity contribution is 0.117. The van der Waals surface area contributed by atoms with E-state index in [-0.39, 0.29) is 17.6 Å². The summed E-state index contributed by atoms with van der Waals surface area (Å²) in [5.74, 6) is 0.445. The molecule has 0 atom stereocenters. The monoisotopic (exact) mass is 235 g/mol. The summed E-state index contributed by atoms with van der Waals surface area (Å²) in [5, 5.41) is 12.5. The minimum Gasteiger partial charge on any atom is -0.393 e. The van der Waals surface area contributed by atoms with E-state index in [9.17, 15) is 13.5 Å². The molecule has 0 amide bonds. The summed E-state index contributed by atoms with van der Waals surface area (Å²) >= 11 is 0. The van der Waals surface area contributed by atoms with Crippen molar-refractivity contribution in [2.45, 2.75) is 44.8 Å². The van der Waals surface area contributed by atoms with E-state index in [4.69, 9.17) is 0 Å². The van der Waals surface area contributed by atoms with Crippen molar-refractivity contribution in [3.63, 3.8) is 0 Å². The Hall–Kier alpha value is -0.130. The smallest absolute Gasteiger partial charge is 0.151 e. The molecule has 90 valence electrons. The van der Waals surface area contributed by atoms with Crippen LogP contribution in [0.15, 0.2) is 0 Å².